The monoisotopic (exact) mass is 336 g/mol. The third kappa shape index (κ3) is 1.58. The molecule has 0 aromatic heterocycles. The lowest BCUT2D eigenvalue weighted by Gasteiger charge is -2.47. The predicted octanol–water partition coefficient (Wildman–Crippen LogP) is 2.21. The summed E-state index contributed by atoms with van der Waals surface area (Å²) in [6.07, 6.45) is 2.09. The molecule has 1 spiro atoms. The predicted molar refractivity (Wildman–Crippen MR) is 88.3 cm³/mol. The fourth-order valence-corrected chi connectivity index (χ4v) is 4.96. The van der Waals surface area contributed by atoms with Gasteiger partial charge in [0.25, 0.3) is 5.79 Å². The molecule has 1 N–H and O–H groups in total. The number of hydrogen-bond acceptors (Lipinski definition) is 5. The van der Waals surface area contributed by atoms with E-state index in [9.17, 15) is 9.90 Å². The first-order valence-electron chi connectivity index (χ1n) is 8.62. The van der Waals surface area contributed by atoms with Crippen LogP contribution in [0.4, 0.5) is 0 Å². The van der Waals surface area contributed by atoms with Gasteiger partial charge >= 0.3 is 0 Å². The molecule has 5 nitrogen and oxygen atoms in total. The summed E-state index contributed by atoms with van der Waals surface area (Å²) in [6, 6.07) is 11.8. The Morgan fingerprint density at radius 2 is 1.76 bits per heavy atom. The van der Waals surface area contributed by atoms with Crippen molar-refractivity contribution in [1.82, 2.24) is 0 Å². The second kappa shape index (κ2) is 4.42. The first-order chi connectivity index (χ1) is 12.2. The van der Waals surface area contributed by atoms with Gasteiger partial charge in [0.15, 0.2) is 0 Å². The molecule has 2 aliphatic carbocycles. The number of aliphatic hydroxyl groups excluding tert-OH is 1. The van der Waals surface area contributed by atoms with E-state index in [2.05, 4.69) is 0 Å². The summed E-state index contributed by atoms with van der Waals surface area (Å²) in [5, 5.41) is 12.4. The van der Waals surface area contributed by atoms with E-state index < -0.39 is 23.9 Å². The van der Waals surface area contributed by atoms with E-state index in [1.165, 1.54) is 0 Å². The Balaban J connectivity index is 1.56. The molecular weight excluding hydrogens is 320 g/mol. The highest BCUT2D eigenvalue weighted by Gasteiger charge is 2.70. The Kier molecular flexibility index (Phi) is 2.45. The summed E-state index contributed by atoms with van der Waals surface area (Å²) >= 11 is 0. The van der Waals surface area contributed by atoms with Crippen molar-refractivity contribution in [1.29, 1.82) is 0 Å². The normalized spacial score (nSPS) is 36.4. The standard InChI is InChI=1S/C20H16O5/c21-11-7-8-15-19-18(11)12(22)9-16(23-15)20(19)24-13-5-1-3-10-4-2-6-14(25-20)17(10)13/h1-8,11,15-16,18-19,21H,9H2/t11-,15+,16-,18+,19+/m0/s1. The lowest BCUT2D eigenvalue weighted by atomic mass is 9.67. The summed E-state index contributed by atoms with van der Waals surface area (Å²) in [6.45, 7) is 0. The molecule has 25 heavy (non-hydrogen) atoms. The summed E-state index contributed by atoms with van der Waals surface area (Å²) in [5.41, 5.74) is 0. The molecule has 4 aliphatic rings. The van der Waals surface area contributed by atoms with Crippen molar-refractivity contribution in [3.63, 3.8) is 0 Å². The highest BCUT2D eigenvalue weighted by molar-refractivity contribution is 5.94. The third-order valence-electron chi connectivity index (χ3n) is 5.97. The molecule has 0 amide bonds. The molecule has 6 rings (SSSR count). The average Bonchev–Trinajstić information content (AvgIpc) is 2.81. The lowest BCUT2D eigenvalue weighted by Crippen LogP contribution is -2.64. The number of carbonyl (C=O) groups excluding carboxylic acids is 1. The van der Waals surface area contributed by atoms with Crippen LogP contribution in [-0.4, -0.2) is 35.0 Å². The Hall–Kier alpha value is -2.37. The van der Waals surface area contributed by atoms with Gasteiger partial charge in [-0.25, -0.2) is 0 Å². The topological polar surface area (TPSA) is 65.0 Å². The SMILES string of the molecule is O=C1C[C@@H]2O[C@@H]3C=C[C@H](O)[C@H]1[C@@H]3C21Oc2cccc3cccc(c23)O1. The molecule has 2 fully saturated rings. The second-order valence-electron chi connectivity index (χ2n) is 7.22. The first-order valence-corrected chi connectivity index (χ1v) is 8.62. The lowest BCUT2D eigenvalue weighted by molar-refractivity contribution is -0.206. The Morgan fingerprint density at radius 1 is 1.04 bits per heavy atom. The minimum Gasteiger partial charge on any atom is -0.448 e. The van der Waals surface area contributed by atoms with Crippen molar-refractivity contribution in [2.24, 2.45) is 11.8 Å². The van der Waals surface area contributed by atoms with Crippen molar-refractivity contribution in [2.45, 2.75) is 30.5 Å². The fourth-order valence-electron chi connectivity index (χ4n) is 4.96. The molecule has 2 aromatic carbocycles. The number of Topliss-reactive ketones (excluding diaryl/α,β-unsaturated/α-hetero) is 1. The summed E-state index contributed by atoms with van der Waals surface area (Å²) in [7, 11) is 0. The van der Waals surface area contributed by atoms with Crippen LogP contribution in [0, 0.1) is 11.8 Å². The second-order valence-corrected chi connectivity index (χ2v) is 7.22. The van der Waals surface area contributed by atoms with Crippen molar-refractivity contribution < 1.29 is 24.1 Å². The van der Waals surface area contributed by atoms with Crippen molar-refractivity contribution in [3.8, 4) is 11.5 Å². The van der Waals surface area contributed by atoms with Crippen LogP contribution in [0.1, 0.15) is 6.42 Å². The molecule has 5 atom stereocenters. The van der Waals surface area contributed by atoms with E-state index in [0.29, 0.717) is 0 Å². The molecule has 0 radical (unpaired) electrons. The molecule has 1 saturated carbocycles. The Labute approximate surface area is 143 Å². The molecule has 126 valence electrons. The maximum atomic E-state index is 12.6. The van der Waals surface area contributed by atoms with Gasteiger partial charge < -0.3 is 19.3 Å². The third-order valence-corrected chi connectivity index (χ3v) is 5.97. The zero-order valence-electron chi connectivity index (χ0n) is 13.3. The molecule has 0 unspecified atom stereocenters. The average molecular weight is 336 g/mol. The smallest absolute Gasteiger partial charge is 0.284 e. The van der Waals surface area contributed by atoms with Gasteiger partial charge in [-0.15, -0.1) is 0 Å². The van der Waals surface area contributed by atoms with Crippen LogP contribution in [0.2, 0.25) is 0 Å². The molecule has 2 heterocycles. The molecule has 5 heteroatoms. The number of hydrogen-bond donors (Lipinski definition) is 1. The van der Waals surface area contributed by atoms with Gasteiger partial charge in [0.2, 0.25) is 0 Å². The first kappa shape index (κ1) is 13.9. The number of ether oxygens (including phenoxy) is 3. The van der Waals surface area contributed by atoms with Gasteiger partial charge in [-0.05, 0) is 17.5 Å². The zero-order chi connectivity index (χ0) is 16.8. The quantitative estimate of drug-likeness (QED) is 0.747. The maximum absolute atomic E-state index is 12.6. The highest BCUT2D eigenvalue weighted by Crippen LogP contribution is 2.56. The maximum Gasteiger partial charge on any atom is 0.284 e. The van der Waals surface area contributed by atoms with Crippen molar-refractivity contribution >= 4 is 16.6 Å². The number of rotatable bonds is 0. The summed E-state index contributed by atoms with van der Waals surface area (Å²) in [4.78, 5) is 12.6. The van der Waals surface area contributed by atoms with Gasteiger partial charge in [0.05, 0.1) is 29.4 Å². The van der Waals surface area contributed by atoms with Crippen molar-refractivity contribution in [2.75, 3.05) is 0 Å². The zero-order valence-corrected chi connectivity index (χ0v) is 13.3. The van der Waals surface area contributed by atoms with Gasteiger partial charge in [0, 0.05) is 6.42 Å². The molecular formula is C20H16O5. The van der Waals surface area contributed by atoms with E-state index in [1.807, 2.05) is 42.5 Å². The fraction of sp³-hybridized carbons (Fsp3) is 0.350. The summed E-state index contributed by atoms with van der Waals surface area (Å²) < 4.78 is 18.9. The number of carbonyl (C=O) groups is 1. The van der Waals surface area contributed by atoms with Gasteiger partial charge in [0.1, 0.15) is 23.4 Å². The van der Waals surface area contributed by atoms with Crippen LogP contribution >= 0.6 is 0 Å². The van der Waals surface area contributed by atoms with Crippen LogP contribution in [0.25, 0.3) is 10.8 Å². The van der Waals surface area contributed by atoms with E-state index in [1.54, 1.807) is 6.08 Å². The number of benzene rings is 2. The highest BCUT2D eigenvalue weighted by atomic mass is 16.7. The number of aliphatic hydroxyl groups is 1. The van der Waals surface area contributed by atoms with Crippen LogP contribution in [0.15, 0.2) is 48.6 Å². The van der Waals surface area contributed by atoms with Crippen LogP contribution < -0.4 is 9.47 Å². The minimum atomic E-state index is -1.07. The van der Waals surface area contributed by atoms with Gasteiger partial charge in [-0.2, -0.15) is 0 Å². The van der Waals surface area contributed by atoms with Gasteiger partial charge in [-0.1, -0.05) is 36.4 Å². The molecule has 1 saturated heterocycles. The van der Waals surface area contributed by atoms with Gasteiger partial charge in [-0.3, -0.25) is 4.79 Å². The molecule has 2 aromatic rings. The molecule has 2 aliphatic heterocycles. The van der Waals surface area contributed by atoms with Crippen LogP contribution in [0.3, 0.4) is 0 Å². The van der Waals surface area contributed by atoms with Crippen molar-refractivity contribution in [3.05, 3.63) is 48.6 Å². The Bertz CT molecular complexity index is 908. The molecule has 2 bridgehead atoms. The van der Waals surface area contributed by atoms with E-state index in [0.717, 1.165) is 22.3 Å². The van der Waals surface area contributed by atoms with E-state index in [-0.39, 0.29) is 24.2 Å². The van der Waals surface area contributed by atoms with E-state index >= 15 is 0 Å². The van der Waals surface area contributed by atoms with Crippen LogP contribution in [-0.2, 0) is 9.53 Å². The Morgan fingerprint density at radius 3 is 2.48 bits per heavy atom. The number of ketones is 1. The van der Waals surface area contributed by atoms with E-state index in [4.69, 9.17) is 14.2 Å². The minimum absolute atomic E-state index is 0.0178. The summed E-state index contributed by atoms with van der Waals surface area (Å²) in [5.74, 6) is -0.487. The largest absolute Gasteiger partial charge is 0.448 e. The van der Waals surface area contributed by atoms with Crippen LogP contribution in [0.5, 0.6) is 11.5 Å².